The molecule has 0 bridgehead atoms. The van der Waals surface area contributed by atoms with E-state index in [0.29, 0.717) is 6.04 Å². The lowest BCUT2D eigenvalue weighted by molar-refractivity contribution is 0.165. The summed E-state index contributed by atoms with van der Waals surface area (Å²) < 4.78 is 0. The molecule has 0 aromatic heterocycles. The van der Waals surface area contributed by atoms with E-state index in [1.807, 2.05) is 0 Å². The molecule has 2 N–H and O–H groups in total. The summed E-state index contributed by atoms with van der Waals surface area (Å²) in [4.78, 5) is 2.49. The molecule has 1 aromatic rings. The number of fused-ring (bicyclic) bond motifs is 1. The summed E-state index contributed by atoms with van der Waals surface area (Å²) in [5, 5.41) is 13.3. The molecule has 1 heterocycles. The average Bonchev–Trinajstić information content (AvgIpc) is 3.29. The maximum Gasteiger partial charge on any atom is 0.0611 e. The first-order valence-electron chi connectivity index (χ1n) is 7.92. The van der Waals surface area contributed by atoms with Crippen molar-refractivity contribution in [3.8, 4) is 0 Å². The molecule has 1 aliphatic heterocycles. The summed E-state index contributed by atoms with van der Waals surface area (Å²) in [6.45, 7) is 4.54. The first-order valence-corrected chi connectivity index (χ1v) is 7.92. The number of aliphatic hydroxyl groups excluding tert-OH is 1. The first kappa shape index (κ1) is 13.9. The van der Waals surface area contributed by atoms with Crippen molar-refractivity contribution in [2.75, 3.05) is 24.6 Å². The van der Waals surface area contributed by atoms with Crippen molar-refractivity contribution in [2.24, 2.45) is 0 Å². The standard InChI is InChI=1S/C17H26N2O/c1-17(13-20,18-15-8-9-15)10-12-19-11-4-6-14-5-2-3-7-16(14)19/h2-3,5,7,15,18,20H,4,6,8-13H2,1H3. The Hall–Kier alpha value is -1.06. The third-order valence-corrected chi connectivity index (χ3v) is 4.62. The third-order valence-electron chi connectivity index (χ3n) is 4.62. The average molecular weight is 274 g/mol. The predicted molar refractivity (Wildman–Crippen MR) is 83.2 cm³/mol. The monoisotopic (exact) mass is 274 g/mol. The van der Waals surface area contributed by atoms with Gasteiger partial charge in [0.1, 0.15) is 0 Å². The Balaban J connectivity index is 1.63. The quantitative estimate of drug-likeness (QED) is 0.836. The van der Waals surface area contributed by atoms with Crippen LogP contribution in [0.5, 0.6) is 0 Å². The Morgan fingerprint density at radius 3 is 2.90 bits per heavy atom. The van der Waals surface area contributed by atoms with Crippen LogP contribution in [0.25, 0.3) is 0 Å². The number of benzene rings is 1. The fourth-order valence-corrected chi connectivity index (χ4v) is 3.14. The number of aryl methyl sites for hydroxylation is 1. The second-order valence-electron chi connectivity index (χ2n) is 6.61. The summed E-state index contributed by atoms with van der Waals surface area (Å²) in [5.74, 6) is 0. The van der Waals surface area contributed by atoms with E-state index in [9.17, 15) is 5.11 Å². The Kier molecular flexibility index (Phi) is 3.99. The largest absolute Gasteiger partial charge is 0.394 e. The fourth-order valence-electron chi connectivity index (χ4n) is 3.14. The zero-order valence-electron chi connectivity index (χ0n) is 12.4. The fraction of sp³-hybridized carbons (Fsp3) is 0.647. The van der Waals surface area contributed by atoms with Gasteiger partial charge in [0.05, 0.1) is 6.61 Å². The zero-order chi connectivity index (χ0) is 14.0. The minimum absolute atomic E-state index is 0.131. The maximum atomic E-state index is 9.71. The highest BCUT2D eigenvalue weighted by Gasteiger charge is 2.32. The number of hydrogen-bond acceptors (Lipinski definition) is 3. The van der Waals surface area contributed by atoms with Gasteiger partial charge in [-0.05, 0) is 50.7 Å². The molecule has 0 saturated heterocycles. The van der Waals surface area contributed by atoms with Crippen LogP contribution in [-0.4, -0.2) is 36.4 Å². The van der Waals surface area contributed by atoms with Crippen molar-refractivity contribution in [2.45, 2.75) is 50.6 Å². The Morgan fingerprint density at radius 1 is 1.35 bits per heavy atom. The summed E-state index contributed by atoms with van der Waals surface area (Å²) >= 11 is 0. The van der Waals surface area contributed by atoms with Crippen LogP contribution in [-0.2, 0) is 6.42 Å². The van der Waals surface area contributed by atoms with E-state index < -0.39 is 0 Å². The molecule has 3 rings (SSSR count). The molecule has 2 aliphatic rings. The lowest BCUT2D eigenvalue weighted by Gasteiger charge is -2.36. The SMILES string of the molecule is CC(CO)(CCN1CCCc2ccccc21)NC1CC1. The summed E-state index contributed by atoms with van der Waals surface area (Å²) in [5.41, 5.74) is 2.73. The number of para-hydroxylation sites is 1. The van der Waals surface area contributed by atoms with Gasteiger partial charge in [0.15, 0.2) is 0 Å². The van der Waals surface area contributed by atoms with Crippen molar-refractivity contribution in [3.05, 3.63) is 29.8 Å². The molecule has 1 aliphatic carbocycles. The minimum Gasteiger partial charge on any atom is -0.394 e. The number of nitrogens with one attached hydrogen (secondary N) is 1. The van der Waals surface area contributed by atoms with E-state index in [1.54, 1.807) is 0 Å². The summed E-state index contributed by atoms with van der Waals surface area (Å²) in [6, 6.07) is 9.38. The smallest absolute Gasteiger partial charge is 0.0611 e. The van der Waals surface area contributed by atoms with Gasteiger partial charge < -0.3 is 15.3 Å². The van der Waals surface area contributed by atoms with Gasteiger partial charge in [-0.3, -0.25) is 0 Å². The molecule has 3 nitrogen and oxygen atoms in total. The molecular weight excluding hydrogens is 248 g/mol. The van der Waals surface area contributed by atoms with Crippen LogP contribution in [0.2, 0.25) is 0 Å². The number of nitrogens with zero attached hydrogens (tertiary/aromatic N) is 1. The van der Waals surface area contributed by atoms with Crippen molar-refractivity contribution in [3.63, 3.8) is 0 Å². The Bertz CT molecular complexity index is 458. The molecule has 110 valence electrons. The highest BCUT2D eigenvalue weighted by Crippen LogP contribution is 2.28. The van der Waals surface area contributed by atoms with Crippen LogP contribution >= 0.6 is 0 Å². The summed E-state index contributed by atoms with van der Waals surface area (Å²) in [6.07, 6.45) is 5.96. The maximum absolute atomic E-state index is 9.71. The van der Waals surface area contributed by atoms with Gasteiger partial charge in [-0.25, -0.2) is 0 Å². The molecular formula is C17H26N2O. The van der Waals surface area contributed by atoms with Gasteiger partial charge in [0.25, 0.3) is 0 Å². The van der Waals surface area contributed by atoms with Gasteiger partial charge in [-0.1, -0.05) is 18.2 Å². The molecule has 1 fully saturated rings. The van der Waals surface area contributed by atoms with Crippen LogP contribution in [0.3, 0.4) is 0 Å². The molecule has 20 heavy (non-hydrogen) atoms. The van der Waals surface area contributed by atoms with E-state index >= 15 is 0 Å². The number of anilines is 1. The van der Waals surface area contributed by atoms with Gasteiger partial charge in [-0.2, -0.15) is 0 Å². The lowest BCUT2D eigenvalue weighted by atomic mass is 9.96. The summed E-state index contributed by atoms with van der Waals surface area (Å²) in [7, 11) is 0. The van der Waals surface area contributed by atoms with Crippen molar-refractivity contribution in [1.82, 2.24) is 5.32 Å². The number of rotatable bonds is 6. The van der Waals surface area contributed by atoms with E-state index in [1.165, 1.54) is 36.9 Å². The minimum atomic E-state index is -0.131. The molecule has 1 unspecified atom stereocenters. The van der Waals surface area contributed by atoms with Gasteiger partial charge in [0.2, 0.25) is 0 Å². The molecule has 1 atom stereocenters. The number of aliphatic hydroxyl groups is 1. The lowest BCUT2D eigenvalue weighted by Crippen LogP contribution is -2.49. The molecule has 1 aromatic carbocycles. The van der Waals surface area contributed by atoms with Crippen LogP contribution in [0.1, 0.15) is 38.2 Å². The van der Waals surface area contributed by atoms with Crippen LogP contribution in [0, 0.1) is 0 Å². The highest BCUT2D eigenvalue weighted by molar-refractivity contribution is 5.55. The predicted octanol–water partition coefficient (Wildman–Crippen LogP) is 2.33. The van der Waals surface area contributed by atoms with Crippen molar-refractivity contribution >= 4 is 5.69 Å². The van der Waals surface area contributed by atoms with Crippen LogP contribution < -0.4 is 10.2 Å². The number of hydrogen-bond donors (Lipinski definition) is 2. The highest BCUT2D eigenvalue weighted by atomic mass is 16.3. The molecule has 0 amide bonds. The Labute approximate surface area is 122 Å². The third kappa shape index (κ3) is 3.15. The van der Waals surface area contributed by atoms with E-state index in [4.69, 9.17) is 0 Å². The van der Waals surface area contributed by atoms with Crippen LogP contribution in [0.4, 0.5) is 5.69 Å². The first-order chi connectivity index (χ1) is 9.70. The molecule has 3 heteroatoms. The van der Waals surface area contributed by atoms with E-state index in [2.05, 4.69) is 41.4 Å². The molecule has 0 radical (unpaired) electrons. The normalized spacial score (nSPS) is 21.4. The van der Waals surface area contributed by atoms with E-state index in [0.717, 1.165) is 19.5 Å². The van der Waals surface area contributed by atoms with Gasteiger partial charge >= 0.3 is 0 Å². The topological polar surface area (TPSA) is 35.5 Å². The Morgan fingerprint density at radius 2 is 2.15 bits per heavy atom. The second-order valence-corrected chi connectivity index (χ2v) is 6.61. The molecule has 0 spiro atoms. The van der Waals surface area contributed by atoms with Crippen molar-refractivity contribution in [1.29, 1.82) is 0 Å². The van der Waals surface area contributed by atoms with E-state index in [-0.39, 0.29) is 12.1 Å². The molecule has 1 saturated carbocycles. The van der Waals surface area contributed by atoms with Crippen LogP contribution in [0.15, 0.2) is 24.3 Å². The second kappa shape index (κ2) is 5.74. The van der Waals surface area contributed by atoms with Gasteiger partial charge in [-0.15, -0.1) is 0 Å². The van der Waals surface area contributed by atoms with Crippen molar-refractivity contribution < 1.29 is 5.11 Å². The van der Waals surface area contributed by atoms with Gasteiger partial charge in [0, 0.05) is 30.4 Å². The zero-order valence-corrected chi connectivity index (χ0v) is 12.4.